The molecule has 2 heterocycles. The van der Waals surface area contributed by atoms with Crippen LogP contribution < -0.4 is 21.3 Å². The molecule has 1 atom stereocenters. The fourth-order valence-corrected chi connectivity index (χ4v) is 4.22. The van der Waals surface area contributed by atoms with E-state index < -0.39 is 5.60 Å². The number of benzene rings is 1. The summed E-state index contributed by atoms with van der Waals surface area (Å²) in [5, 5.41) is 22.1. The smallest absolute Gasteiger partial charge is 0.254 e. The number of hydrogen-bond donors (Lipinski definition) is 5. The Labute approximate surface area is 209 Å². The van der Waals surface area contributed by atoms with Gasteiger partial charge in [0, 0.05) is 36.6 Å². The van der Waals surface area contributed by atoms with Gasteiger partial charge < -0.3 is 26.4 Å². The van der Waals surface area contributed by atoms with Crippen molar-refractivity contribution in [1.82, 2.24) is 20.6 Å². The van der Waals surface area contributed by atoms with Gasteiger partial charge in [0.2, 0.25) is 5.91 Å². The Kier molecular flexibility index (Phi) is 8.63. The number of carbonyl (C=O) groups is 2. The van der Waals surface area contributed by atoms with E-state index >= 15 is 0 Å². The van der Waals surface area contributed by atoms with Gasteiger partial charge in [-0.15, -0.1) is 11.3 Å². The van der Waals surface area contributed by atoms with Gasteiger partial charge in [-0.05, 0) is 59.2 Å². The van der Waals surface area contributed by atoms with Crippen molar-refractivity contribution >= 4 is 50.6 Å². The Bertz CT molecular complexity index is 1170. The van der Waals surface area contributed by atoms with Crippen molar-refractivity contribution in [1.29, 1.82) is 0 Å². The molecule has 0 spiro atoms. The zero-order chi connectivity index (χ0) is 25.6. The third kappa shape index (κ3) is 8.18. The summed E-state index contributed by atoms with van der Waals surface area (Å²) in [4.78, 5) is 33.6. The lowest BCUT2D eigenvalue weighted by Gasteiger charge is -2.20. The topological polar surface area (TPSA) is 128 Å². The van der Waals surface area contributed by atoms with Gasteiger partial charge in [-0.2, -0.15) is 0 Å². The lowest BCUT2D eigenvalue weighted by molar-refractivity contribution is -0.125. The summed E-state index contributed by atoms with van der Waals surface area (Å²) in [5.74, 6) is 0.159. The van der Waals surface area contributed by atoms with Crippen LogP contribution in [0.1, 0.15) is 57.8 Å². The fourth-order valence-electron chi connectivity index (χ4n) is 3.50. The van der Waals surface area contributed by atoms with Crippen LogP contribution in [0.4, 0.5) is 17.2 Å². The van der Waals surface area contributed by atoms with Crippen LogP contribution in [0.2, 0.25) is 0 Å². The summed E-state index contributed by atoms with van der Waals surface area (Å²) < 4.78 is 1.08. The average molecular weight is 499 g/mol. The standard InChI is InChI=1S/C25H34N6O3S/c1-15(2)29-20-11-22(31-17-6-7-19-21(10-17)35-14-28-19)27-13-18(20)24(33)26-9-8-16(3)30-23(32)12-25(4,5)34/h6-7,10-11,13-16,34H,8-9,12H2,1-5H3,(H,26,33)(H,30,32)(H2,27,29,31). The average Bonchev–Trinajstić information content (AvgIpc) is 3.19. The third-order valence-corrected chi connectivity index (χ3v) is 5.85. The van der Waals surface area contributed by atoms with Gasteiger partial charge in [0.15, 0.2) is 0 Å². The first-order chi connectivity index (χ1) is 16.5. The van der Waals surface area contributed by atoms with E-state index in [1.54, 1.807) is 31.4 Å². The van der Waals surface area contributed by atoms with E-state index in [1.165, 1.54) is 0 Å². The molecule has 35 heavy (non-hydrogen) atoms. The molecule has 0 saturated heterocycles. The lowest BCUT2D eigenvalue weighted by Crippen LogP contribution is -2.39. The Morgan fingerprint density at radius 3 is 2.63 bits per heavy atom. The zero-order valence-corrected chi connectivity index (χ0v) is 21.6. The minimum Gasteiger partial charge on any atom is -0.390 e. The molecule has 9 nitrogen and oxygen atoms in total. The summed E-state index contributed by atoms with van der Waals surface area (Å²) in [6.07, 6.45) is 2.14. The molecule has 3 aromatic rings. The first kappa shape index (κ1) is 26.4. The van der Waals surface area contributed by atoms with Crippen LogP contribution in [-0.4, -0.2) is 51.1 Å². The highest BCUT2D eigenvalue weighted by Gasteiger charge is 2.19. The van der Waals surface area contributed by atoms with Gasteiger partial charge in [-0.1, -0.05) is 0 Å². The van der Waals surface area contributed by atoms with E-state index in [1.807, 2.05) is 50.5 Å². The van der Waals surface area contributed by atoms with Crippen molar-refractivity contribution in [3.8, 4) is 0 Å². The van der Waals surface area contributed by atoms with E-state index in [9.17, 15) is 14.7 Å². The van der Waals surface area contributed by atoms with Crippen LogP contribution >= 0.6 is 11.3 Å². The number of carbonyl (C=O) groups excluding carboxylic acids is 2. The number of thiazole rings is 1. The second-order valence-electron chi connectivity index (χ2n) is 9.58. The highest BCUT2D eigenvalue weighted by molar-refractivity contribution is 7.16. The van der Waals surface area contributed by atoms with Crippen molar-refractivity contribution in [3.05, 3.63) is 41.5 Å². The predicted octanol–water partition coefficient (Wildman–Crippen LogP) is 4.04. The maximum atomic E-state index is 12.9. The number of anilines is 3. The van der Waals surface area contributed by atoms with Crippen LogP contribution in [0.15, 0.2) is 36.0 Å². The molecule has 188 valence electrons. The molecular formula is C25H34N6O3S. The number of rotatable bonds is 11. The summed E-state index contributed by atoms with van der Waals surface area (Å²) in [5.41, 5.74) is 3.73. The number of amides is 2. The molecule has 1 unspecified atom stereocenters. The Balaban J connectivity index is 1.62. The van der Waals surface area contributed by atoms with Crippen LogP contribution in [0.3, 0.4) is 0 Å². The number of nitrogens with zero attached hydrogens (tertiary/aromatic N) is 2. The van der Waals surface area contributed by atoms with E-state index in [0.717, 1.165) is 15.9 Å². The van der Waals surface area contributed by atoms with Gasteiger partial charge in [-0.25, -0.2) is 9.97 Å². The van der Waals surface area contributed by atoms with Gasteiger partial charge in [-0.3, -0.25) is 9.59 Å². The minimum atomic E-state index is -1.06. The van der Waals surface area contributed by atoms with E-state index in [-0.39, 0.29) is 30.3 Å². The van der Waals surface area contributed by atoms with Crippen LogP contribution in [0.25, 0.3) is 10.2 Å². The minimum absolute atomic E-state index is 0.0258. The summed E-state index contributed by atoms with van der Waals surface area (Å²) >= 11 is 1.57. The normalized spacial score (nSPS) is 12.4. The largest absolute Gasteiger partial charge is 0.390 e. The molecule has 5 N–H and O–H groups in total. The van der Waals surface area contributed by atoms with Crippen molar-refractivity contribution < 1.29 is 14.7 Å². The number of pyridine rings is 1. The van der Waals surface area contributed by atoms with Crippen molar-refractivity contribution in [2.45, 2.75) is 65.1 Å². The number of aromatic nitrogens is 2. The first-order valence-corrected chi connectivity index (χ1v) is 12.5. The number of aliphatic hydroxyl groups is 1. The summed E-state index contributed by atoms with van der Waals surface area (Å²) in [6, 6.07) is 7.73. The highest BCUT2D eigenvalue weighted by Crippen LogP contribution is 2.26. The Morgan fingerprint density at radius 1 is 1.14 bits per heavy atom. The number of fused-ring (bicyclic) bond motifs is 1. The molecule has 0 radical (unpaired) electrons. The molecule has 2 aromatic heterocycles. The lowest BCUT2D eigenvalue weighted by atomic mass is 10.0. The van der Waals surface area contributed by atoms with Gasteiger partial charge in [0.05, 0.1) is 39.0 Å². The van der Waals surface area contributed by atoms with Crippen molar-refractivity contribution in [2.24, 2.45) is 0 Å². The third-order valence-electron chi connectivity index (χ3n) is 5.06. The molecule has 0 saturated carbocycles. The van der Waals surface area contributed by atoms with E-state index in [0.29, 0.717) is 30.0 Å². The van der Waals surface area contributed by atoms with Crippen LogP contribution in [0.5, 0.6) is 0 Å². The molecule has 2 amide bonds. The van der Waals surface area contributed by atoms with Crippen LogP contribution in [-0.2, 0) is 4.79 Å². The molecular weight excluding hydrogens is 464 g/mol. The summed E-state index contributed by atoms with van der Waals surface area (Å²) in [6.45, 7) is 9.45. The molecule has 0 bridgehead atoms. The maximum absolute atomic E-state index is 12.9. The molecule has 1 aromatic carbocycles. The molecule has 3 rings (SSSR count). The predicted molar refractivity (Wildman–Crippen MR) is 141 cm³/mol. The molecule has 0 fully saturated rings. The SMILES string of the molecule is CC(C)Nc1cc(Nc2ccc3ncsc3c2)ncc1C(=O)NCCC(C)NC(=O)CC(C)(C)O. The van der Waals surface area contributed by atoms with Crippen molar-refractivity contribution in [2.75, 3.05) is 17.2 Å². The molecule has 10 heteroatoms. The highest BCUT2D eigenvalue weighted by atomic mass is 32.1. The quantitative estimate of drug-likeness (QED) is 0.270. The van der Waals surface area contributed by atoms with Crippen LogP contribution in [0, 0.1) is 0 Å². The fraction of sp³-hybridized carbons (Fsp3) is 0.440. The van der Waals surface area contributed by atoms with Gasteiger partial charge in [0.1, 0.15) is 5.82 Å². The van der Waals surface area contributed by atoms with Gasteiger partial charge >= 0.3 is 0 Å². The molecule has 0 aliphatic carbocycles. The number of nitrogens with one attached hydrogen (secondary N) is 4. The molecule has 0 aliphatic heterocycles. The second-order valence-corrected chi connectivity index (χ2v) is 10.5. The van der Waals surface area contributed by atoms with Gasteiger partial charge in [0.25, 0.3) is 5.91 Å². The number of hydrogen-bond acceptors (Lipinski definition) is 8. The summed E-state index contributed by atoms with van der Waals surface area (Å²) in [7, 11) is 0. The zero-order valence-electron chi connectivity index (χ0n) is 20.8. The maximum Gasteiger partial charge on any atom is 0.254 e. The first-order valence-electron chi connectivity index (χ1n) is 11.7. The van der Waals surface area contributed by atoms with E-state index in [4.69, 9.17) is 0 Å². The Morgan fingerprint density at radius 2 is 1.91 bits per heavy atom. The molecule has 0 aliphatic rings. The van der Waals surface area contributed by atoms with E-state index in [2.05, 4.69) is 31.2 Å². The second kappa shape index (κ2) is 11.5. The Hall–Kier alpha value is -3.24. The van der Waals surface area contributed by atoms with Crippen molar-refractivity contribution in [3.63, 3.8) is 0 Å². The monoisotopic (exact) mass is 498 g/mol.